The Morgan fingerprint density at radius 3 is 2.75 bits per heavy atom. The average Bonchev–Trinajstić information content (AvgIpc) is 3.22. The molecule has 0 spiro atoms. The fraction of sp³-hybridized carbons (Fsp3) is 0.238. The largest absolute Gasteiger partial charge is 0.486 e. The van der Waals surface area contributed by atoms with Gasteiger partial charge in [0.25, 0.3) is 0 Å². The Labute approximate surface area is 167 Å². The zero-order valence-corrected chi connectivity index (χ0v) is 16.0. The molecule has 0 atom stereocenters. The highest BCUT2D eigenvalue weighted by Crippen LogP contribution is 2.30. The van der Waals surface area contributed by atoms with E-state index in [1.807, 2.05) is 48.5 Å². The summed E-state index contributed by atoms with van der Waals surface area (Å²) >= 11 is 1.50. The second-order valence-electron chi connectivity index (χ2n) is 6.26. The maximum Gasteiger partial charge on any atom is 0.230 e. The first kappa shape index (κ1) is 18.4. The van der Waals surface area contributed by atoms with Crippen LogP contribution in [0.5, 0.6) is 11.5 Å². The van der Waals surface area contributed by atoms with Gasteiger partial charge in [0.15, 0.2) is 11.5 Å². The number of carbonyl (C=O) groups excluding carboxylic acids is 1. The number of oxazole rings is 1. The molecule has 6 nitrogen and oxygen atoms in total. The van der Waals surface area contributed by atoms with Gasteiger partial charge in [0.05, 0.1) is 11.4 Å². The second-order valence-corrected chi connectivity index (χ2v) is 7.24. The molecule has 1 aliphatic heterocycles. The number of hydrogen-bond acceptors (Lipinski definition) is 6. The van der Waals surface area contributed by atoms with Crippen LogP contribution < -0.4 is 14.8 Å². The van der Waals surface area contributed by atoms with Gasteiger partial charge in [-0.25, -0.2) is 4.98 Å². The summed E-state index contributed by atoms with van der Waals surface area (Å²) in [5.74, 6) is 3.03. The van der Waals surface area contributed by atoms with E-state index < -0.39 is 0 Å². The van der Waals surface area contributed by atoms with Gasteiger partial charge >= 0.3 is 0 Å². The number of rotatable bonds is 7. The molecule has 1 amide bonds. The van der Waals surface area contributed by atoms with Crippen LogP contribution in [0.3, 0.4) is 0 Å². The van der Waals surface area contributed by atoms with Crippen LogP contribution in [-0.2, 0) is 17.1 Å². The molecule has 2 heterocycles. The lowest BCUT2D eigenvalue weighted by molar-refractivity contribution is -0.118. The molecule has 1 aliphatic rings. The van der Waals surface area contributed by atoms with E-state index in [0.29, 0.717) is 37.2 Å². The summed E-state index contributed by atoms with van der Waals surface area (Å²) in [7, 11) is 0. The lowest BCUT2D eigenvalue weighted by atomic mass is 10.2. The summed E-state index contributed by atoms with van der Waals surface area (Å²) in [6, 6.07) is 15.5. The number of carbonyl (C=O) groups is 1. The van der Waals surface area contributed by atoms with Crippen LogP contribution in [0.1, 0.15) is 11.3 Å². The third kappa shape index (κ3) is 4.67. The molecular weight excluding hydrogens is 376 g/mol. The number of aromatic nitrogens is 1. The van der Waals surface area contributed by atoms with Crippen molar-refractivity contribution in [2.24, 2.45) is 0 Å². The number of fused-ring (bicyclic) bond motifs is 1. The fourth-order valence-corrected chi connectivity index (χ4v) is 3.52. The summed E-state index contributed by atoms with van der Waals surface area (Å²) in [6.07, 6.45) is 1.64. The predicted molar refractivity (Wildman–Crippen MR) is 107 cm³/mol. The van der Waals surface area contributed by atoms with Gasteiger partial charge in [-0.05, 0) is 29.8 Å². The monoisotopic (exact) mass is 396 g/mol. The van der Waals surface area contributed by atoms with E-state index in [2.05, 4.69) is 10.3 Å². The van der Waals surface area contributed by atoms with E-state index >= 15 is 0 Å². The summed E-state index contributed by atoms with van der Waals surface area (Å²) in [5, 5.41) is 2.92. The van der Waals surface area contributed by atoms with Gasteiger partial charge in [0, 0.05) is 17.9 Å². The van der Waals surface area contributed by atoms with Crippen molar-refractivity contribution in [3.63, 3.8) is 0 Å². The van der Waals surface area contributed by atoms with E-state index in [9.17, 15) is 4.79 Å². The lowest BCUT2D eigenvalue weighted by Crippen LogP contribution is -2.24. The zero-order valence-electron chi connectivity index (χ0n) is 15.2. The Morgan fingerprint density at radius 2 is 1.89 bits per heavy atom. The topological polar surface area (TPSA) is 73.6 Å². The van der Waals surface area contributed by atoms with E-state index in [1.54, 1.807) is 6.26 Å². The van der Waals surface area contributed by atoms with Crippen LogP contribution in [0.25, 0.3) is 11.5 Å². The summed E-state index contributed by atoms with van der Waals surface area (Å²) in [4.78, 5) is 16.6. The van der Waals surface area contributed by atoms with Gasteiger partial charge in [-0.15, -0.1) is 11.8 Å². The number of amides is 1. The second kappa shape index (κ2) is 8.84. The van der Waals surface area contributed by atoms with Crippen molar-refractivity contribution in [2.45, 2.75) is 12.3 Å². The molecule has 2 aromatic carbocycles. The third-order valence-electron chi connectivity index (χ3n) is 4.15. The molecule has 0 fully saturated rings. The molecule has 0 unspecified atom stereocenters. The highest BCUT2D eigenvalue weighted by atomic mass is 32.2. The smallest absolute Gasteiger partial charge is 0.230 e. The van der Waals surface area contributed by atoms with Gasteiger partial charge in [-0.1, -0.05) is 24.3 Å². The molecule has 0 aliphatic carbocycles. The summed E-state index contributed by atoms with van der Waals surface area (Å²) in [6.45, 7) is 1.57. The number of benzene rings is 2. The summed E-state index contributed by atoms with van der Waals surface area (Å²) < 4.78 is 16.6. The summed E-state index contributed by atoms with van der Waals surface area (Å²) in [5.41, 5.74) is 2.74. The molecule has 1 N–H and O–H groups in total. The molecule has 4 rings (SSSR count). The molecule has 144 valence electrons. The maximum absolute atomic E-state index is 12.1. The SMILES string of the molecule is O=C(CSCc1coc(-c2ccccc2)n1)NCc1ccc2c(c1)OCCO2. The quantitative estimate of drug-likeness (QED) is 0.657. The van der Waals surface area contributed by atoms with Crippen molar-refractivity contribution in [2.75, 3.05) is 19.0 Å². The minimum atomic E-state index is -0.0216. The van der Waals surface area contributed by atoms with Gasteiger partial charge in [-0.2, -0.15) is 0 Å². The Morgan fingerprint density at radius 1 is 1.07 bits per heavy atom. The standard InChI is InChI=1S/C21H20N2O4S/c24-20(22-11-15-6-7-18-19(10-15)26-9-8-25-18)14-28-13-17-12-27-21(23-17)16-4-2-1-3-5-16/h1-7,10,12H,8-9,11,13-14H2,(H,22,24). The molecule has 28 heavy (non-hydrogen) atoms. The first-order valence-corrected chi connectivity index (χ1v) is 10.2. The Kier molecular flexibility index (Phi) is 5.82. The zero-order chi connectivity index (χ0) is 19.2. The molecule has 0 bridgehead atoms. The predicted octanol–water partition coefficient (Wildman–Crippen LogP) is 3.66. The Bertz CT molecular complexity index is 943. The van der Waals surface area contributed by atoms with Gasteiger partial charge < -0.3 is 19.2 Å². The first-order chi connectivity index (χ1) is 13.8. The minimum absolute atomic E-state index is 0.0216. The number of nitrogens with zero attached hydrogens (tertiary/aromatic N) is 1. The van der Waals surface area contributed by atoms with Crippen LogP contribution in [0.15, 0.2) is 59.2 Å². The maximum atomic E-state index is 12.1. The van der Waals surface area contributed by atoms with Gasteiger partial charge in [0.2, 0.25) is 11.8 Å². The number of nitrogens with one attached hydrogen (secondary N) is 1. The van der Waals surface area contributed by atoms with Gasteiger partial charge in [-0.3, -0.25) is 4.79 Å². The van der Waals surface area contributed by atoms with Crippen LogP contribution in [0.4, 0.5) is 0 Å². The van der Waals surface area contributed by atoms with Crippen molar-refractivity contribution in [3.8, 4) is 23.0 Å². The Balaban J connectivity index is 1.21. The van der Waals surface area contributed by atoms with E-state index in [4.69, 9.17) is 13.9 Å². The first-order valence-electron chi connectivity index (χ1n) is 9.01. The lowest BCUT2D eigenvalue weighted by Gasteiger charge is -2.18. The molecule has 0 saturated carbocycles. The van der Waals surface area contributed by atoms with Crippen molar-refractivity contribution in [1.29, 1.82) is 0 Å². The number of hydrogen-bond donors (Lipinski definition) is 1. The normalized spacial score (nSPS) is 12.6. The van der Waals surface area contributed by atoms with Crippen LogP contribution in [0, 0.1) is 0 Å². The third-order valence-corrected chi connectivity index (χ3v) is 5.12. The highest BCUT2D eigenvalue weighted by molar-refractivity contribution is 7.99. The van der Waals surface area contributed by atoms with Gasteiger partial charge in [0.1, 0.15) is 19.5 Å². The molecular formula is C21H20N2O4S. The van der Waals surface area contributed by atoms with Crippen molar-refractivity contribution < 1.29 is 18.7 Å². The number of thioether (sulfide) groups is 1. The minimum Gasteiger partial charge on any atom is -0.486 e. The molecule has 0 saturated heterocycles. The highest BCUT2D eigenvalue weighted by Gasteiger charge is 2.12. The van der Waals surface area contributed by atoms with E-state index in [1.165, 1.54) is 11.8 Å². The van der Waals surface area contributed by atoms with Crippen molar-refractivity contribution in [1.82, 2.24) is 10.3 Å². The number of ether oxygens (including phenoxy) is 2. The van der Waals surface area contributed by atoms with Crippen molar-refractivity contribution in [3.05, 3.63) is 66.1 Å². The molecule has 1 aromatic heterocycles. The Hall–Kier alpha value is -2.93. The van der Waals surface area contributed by atoms with Crippen molar-refractivity contribution >= 4 is 17.7 Å². The average molecular weight is 396 g/mol. The van der Waals surface area contributed by atoms with E-state index in [-0.39, 0.29) is 5.91 Å². The van der Waals surface area contributed by atoms with E-state index in [0.717, 1.165) is 28.3 Å². The van der Waals surface area contributed by atoms with Crippen LogP contribution in [0.2, 0.25) is 0 Å². The van der Waals surface area contributed by atoms with Crippen LogP contribution >= 0.6 is 11.8 Å². The fourth-order valence-electron chi connectivity index (χ4n) is 2.78. The van der Waals surface area contributed by atoms with Crippen LogP contribution in [-0.4, -0.2) is 29.9 Å². The molecule has 3 aromatic rings. The molecule has 7 heteroatoms. The molecule has 0 radical (unpaired) electrons.